The van der Waals surface area contributed by atoms with Crippen LogP contribution in [0.4, 0.5) is 17.3 Å². The molecule has 0 aromatic heterocycles. The highest BCUT2D eigenvalue weighted by Crippen LogP contribution is 2.06. The number of halogens is 4. The molecule has 52 valence electrons. The van der Waals surface area contributed by atoms with Gasteiger partial charge in [-0.25, -0.2) is 0 Å². The maximum absolute atomic E-state index is 9.75. The molecule has 0 aliphatic rings. The van der Waals surface area contributed by atoms with Crippen LogP contribution in [0.1, 0.15) is 1.43 Å². The average Bonchev–Trinajstić information content (AvgIpc) is 1.27. The van der Waals surface area contributed by atoms with Gasteiger partial charge < -0.3 is 17.3 Å². The molecule has 0 saturated carbocycles. The molecule has 0 rings (SSSR count). The molecule has 0 spiro atoms. The van der Waals surface area contributed by atoms with Crippen molar-refractivity contribution in [1.29, 1.82) is 0 Å². The van der Waals surface area contributed by atoms with Crippen LogP contribution in [0.15, 0.2) is 0 Å². The molecule has 6 heteroatoms. The van der Waals surface area contributed by atoms with Crippen LogP contribution in [-0.2, 0) is 0 Å². The van der Waals surface area contributed by atoms with E-state index in [2.05, 4.69) is 0 Å². The molecule has 0 atom stereocenters. The van der Waals surface area contributed by atoms with E-state index in [1.807, 2.05) is 12.5 Å². The van der Waals surface area contributed by atoms with Gasteiger partial charge in [-0.1, -0.05) is 0 Å². The Balaban J connectivity index is -0.0000000800. The summed E-state index contributed by atoms with van der Waals surface area (Å²) in [6.45, 7) is 0. The predicted octanol–water partition coefficient (Wildman–Crippen LogP) is 2.39. The van der Waals surface area contributed by atoms with Crippen LogP contribution in [0.3, 0.4) is 0 Å². The summed E-state index contributed by atoms with van der Waals surface area (Å²) in [5.74, 6) is 0. The molecule has 0 aromatic carbocycles. The summed E-state index contributed by atoms with van der Waals surface area (Å²) >= 11 is 1.75. The Labute approximate surface area is 51.2 Å². The second kappa shape index (κ2) is 5.28. The van der Waals surface area contributed by atoms with Crippen molar-refractivity contribution in [2.45, 2.75) is 0 Å². The highest BCUT2D eigenvalue weighted by Gasteiger charge is 2.20. The van der Waals surface area contributed by atoms with E-state index in [1.54, 1.807) is 11.8 Å². The molecule has 0 fully saturated rings. The maximum atomic E-state index is 9.75. The summed E-state index contributed by atoms with van der Waals surface area (Å²) in [4.78, 5) is 0. The van der Waals surface area contributed by atoms with Crippen LogP contribution >= 0.6 is 11.8 Å². The van der Waals surface area contributed by atoms with Gasteiger partial charge in [-0.15, -0.1) is 0 Å². The van der Waals surface area contributed by atoms with Crippen molar-refractivity contribution in [2.24, 2.45) is 0 Å². The van der Waals surface area contributed by atoms with Crippen molar-refractivity contribution in [3.05, 3.63) is 0 Å². The smallest absolute Gasteiger partial charge is 0.418 e. The van der Waals surface area contributed by atoms with Gasteiger partial charge in [-0.05, 0) is 12.5 Å². The summed E-state index contributed by atoms with van der Waals surface area (Å²) in [7, 11) is -6.00. The molecule has 0 amide bonds. The molecule has 0 saturated heterocycles. The van der Waals surface area contributed by atoms with Gasteiger partial charge in [-0.3, -0.25) is 0 Å². The van der Waals surface area contributed by atoms with Gasteiger partial charge in [0.1, 0.15) is 0 Å². The highest BCUT2D eigenvalue weighted by molar-refractivity contribution is 7.97. The van der Waals surface area contributed by atoms with E-state index in [0.29, 0.717) is 0 Å². The van der Waals surface area contributed by atoms with E-state index in [-0.39, 0.29) is 1.43 Å². The first-order chi connectivity index (χ1) is 3.41. The number of hydrogen-bond acceptors (Lipinski definition) is 1. The summed E-state index contributed by atoms with van der Waals surface area (Å²) in [5, 5.41) is 0. The Morgan fingerprint density at radius 3 is 1.12 bits per heavy atom. The zero-order valence-electron chi connectivity index (χ0n) is 5.50. The average molecular weight is 150 g/mol. The second-order valence-corrected chi connectivity index (χ2v) is 1.72. The lowest BCUT2D eigenvalue weighted by atomic mass is 10.3. The molecule has 0 N–H and O–H groups in total. The molecule has 0 aliphatic heterocycles. The SMILES string of the molecule is CSC.F[B-](F)(F)F.[H+]. The van der Waals surface area contributed by atoms with Crippen LogP contribution in [0.2, 0.25) is 0 Å². The number of rotatable bonds is 0. The zero-order valence-corrected chi connectivity index (χ0v) is 5.31. The van der Waals surface area contributed by atoms with Crippen LogP contribution in [0, 0.1) is 0 Å². The van der Waals surface area contributed by atoms with Crippen molar-refractivity contribution in [3.8, 4) is 0 Å². The van der Waals surface area contributed by atoms with Crippen molar-refractivity contribution in [2.75, 3.05) is 12.5 Å². The first-order valence-electron chi connectivity index (χ1n) is 1.69. The topological polar surface area (TPSA) is 0 Å². The van der Waals surface area contributed by atoms with Crippen LogP contribution < -0.4 is 0 Å². The molecule has 0 bridgehead atoms. The summed E-state index contributed by atoms with van der Waals surface area (Å²) in [6, 6.07) is 0. The molecular formula is C2H7BF4S. The van der Waals surface area contributed by atoms with Crippen molar-refractivity contribution in [1.82, 2.24) is 0 Å². The van der Waals surface area contributed by atoms with Crippen LogP contribution in [0.5, 0.6) is 0 Å². The Morgan fingerprint density at radius 2 is 1.12 bits per heavy atom. The predicted molar refractivity (Wildman–Crippen MR) is 30.7 cm³/mol. The fraction of sp³-hybridized carbons (Fsp3) is 1.00. The quantitative estimate of drug-likeness (QED) is 0.377. The molecule has 0 radical (unpaired) electrons. The van der Waals surface area contributed by atoms with E-state index >= 15 is 0 Å². The third-order valence-corrected chi connectivity index (χ3v) is 0. The zero-order chi connectivity index (χ0) is 7.21. The van der Waals surface area contributed by atoms with Gasteiger partial charge in [0.05, 0.1) is 0 Å². The van der Waals surface area contributed by atoms with Crippen molar-refractivity contribution < 1.29 is 18.7 Å². The first-order valence-corrected chi connectivity index (χ1v) is 3.32. The summed E-state index contributed by atoms with van der Waals surface area (Å²) in [6.07, 6.45) is 4.08. The normalized spacial score (nSPS) is 9.75. The molecule has 8 heavy (non-hydrogen) atoms. The minimum atomic E-state index is -6.00. The Bertz CT molecular complexity index is 42.3. The molecule has 0 aromatic rings. The minimum absolute atomic E-state index is 0. The van der Waals surface area contributed by atoms with Crippen LogP contribution in [0.25, 0.3) is 0 Å². The van der Waals surface area contributed by atoms with E-state index in [9.17, 15) is 17.3 Å². The first kappa shape index (κ1) is 11.0. The molecule has 0 unspecified atom stereocenters. The molecule has 0 heterocycles. The van der Waals surface area contributed by atoms with Gasteiger partial charge in [0.15, 0.2) is 0 Å². The van der Waals surface area contributed by atoms with E-state index < -0.39 is 7.25 Å². The van der Waals surface area contributed by atoms with E-state index in [4.69, 9.17) is 0 Å². The third-order valence-electron chi connectivity index (χ3n) is 0. The fourth-order valence-electron chi connectivity index (χ4n) is 0. The monoisotopic (exact) mass is 150 g/mol. The van der Waals surface area contributed by atoms with Gasteiger partial charge >= 0.3 is 8.68 Å². The molecular weight excluding hydrogens is 143 g/mol. The number of thioether (sulfide) groups is 1. The van der Waals surface area contributed by atoms with Gasteiger partial charge in [0, 0.05) is 0 Å². The van der Waals surface area contributed by atoms with E-state index in [0.717, 1.165) is 0 Å². The fourth-order valence-corrected chi connectivity index (χ4v) is 0. The number of hydrogen-bond donors (Lipinski definition) is 0. The standard InChI is InChI=1S/C2H6S.BF4/c1-3-2;2-1(3,4)5/h1-2H3;/q;-1/p+1. The van der Waals surface area contributed by atoms with Crippen LogP contribution in [-0.4, -0.2) is 19.8 Å². The lowest BCUT2D eigenvalue weighted by molar-refractivity contribution is 0.368. The van der Waals surface area contributed by atoms with E-state index in [1.165, 1.54) is 0 Å². The minimum Gasteiger partial charge on any atom is -0.418 e. The highest BCUT2D eigenvalue weighted by atomic mass is 32.2. The maximum Gasteiger partial charge on any atom is 1.00 e. The summed E-state index contributed by atoms with van der Waals surface area (Å²) in [5.41, 5.74) is 0. The Hall–Kier alpha value is 0.135. The van der Waals surface area contributed by atoms with Gasteiger partial charge in [0.25, 0.3) is 0 Å². The molecule has 0 aliphatic carbocycles. The van der Waals surface area contributed by atoms with Gasteiger partial charge in [-0.2, -0.15) is 11.8 Å². The van der Waals surface area contributed by atoms with Crippen molar-refractivity contribution in [3.63, 3.8) is 0 Å². The summed E-state index contributed by atoms with van der Waals surface area (Å²) < 4.78 is 39.0. The van der Waals surface area contributed by atoms with Gasteiger partial charge in [0.2, 0.25) is 0 Å². The Morgan fingerprint density at radius 1 is 1.12 bits per heavy atom. The molecule has 0 nitrogen and oxygen atoms in total. The third kappa shape index (κ3) is 8880. The lowest BCUT2D eigenvalue weighted by Gasteiger charge is -1.94. The lowest BCUT2D eigenvalue weighted by Crippen LogP contribution is -2.02. The Kier molecular flexibility index (Phi) is 7.26. The second-order valence-electron chi connectivity index (χ2n) is 0.903. The van der Waals surface area contributed by atoms with Crippen molar-refractivity contribution >= 4 is 19.0 Å². The largest absolute Gasteiger partial charge is 1.00 e.